The second kappa shape index (κ2) is 2.68. The van der Waals surface area contributed by atoms with Crippen LogP contribution in [0.25, 0.3) is 0 Å². The van der Waals surface area contributed by atoms with E-state index >= 15 is 0 Å². The highest BCUT2D eigenvalue weighted by molar-refractivity contribution is 4.96. The maximum absolute atomic E-state index is 9.85. The number of hydrogen-bond donors (Lipinski definition) is 2. The third-order valence-electron chi connectivity index (χ3n) is 0.639. The molecule has 1 rings (SSSR count). The molecule has 0 aromatic carbocycles. The molecule has 1 aromatic heterocycles. The van der Waals surface area contributed by atoms with E-state index in [4.69, 9.17) is 5.84 Å². The van der Waals surface area contributed by atoms with Crippen molar-refractivity contribution < 1.29 is 4.92 Å². The summed E-state index contributed by atoms with van der Waals surface area (Å²) in [6.07, 6.45) is 0. The first kappa shape index (κ1) is 8.23. The van der Waals surface area contributed by atoms with Crippen molar-refractivity contribution in [2.24, 2.45) is 0 Å². The second-order valence-electron chi connectivity index (χ2n) is 1.18. The number of rotatable bonds is 1. The Balaban J connectivity index is 0.000000810. The number of nitrogens with zero attached hydrogens (tertiary/aromatic N) is 5. The zero-order chi connectivity index (χ0) is 6.85. The predicted molar refractivity (Wildman–Crippen MR) is 29.6 cm³/mol. The van der Waals surface area contributed by atoms with Gasteiger partial charge in [-0.25, -0.2) is 0 Å². The number of aromatic nitrogens is 4. The lowest BCUT2D eigenvalue weighted by molar-refractivity contribution is -0.396. The standard InChI is InChI=1S/CH2N6O2.H3N/c2-6-1(7(8)9)3-4-5-6;/h2H2;1H3. The fourth-order valence-electron chi connectivity index (χ4n) is 0.309. The molecule has 0 atom stereocenters. The Hall–Kier alpha value is -1.77. The highest BCUT2D eigenvalue weighted by Crippen LogP contribution is 1.95. The largest absolute Gasteiger partial charge is 0.502 e. The lowest BCUT2D eigenvalue weighted by Gasteiger charge is -1.86. The van der Waals surface area contributed by atoms with E-state index in [1.165, 1.54) is 0 Å². The molecule has 0 amide bonds. The Morgan fingerprint density at radius 3 is 2.50 bits per heavy atom. The van der Waals surface area contributed by atoms with E-state index in [1.807, 2.05) is 0 Å². The molecule has 0 spiro atoms. The van der Waals surface area contributed by atoms with Crippen LogP contribution >= 0.6 is 0 Å². The van der Waals surface area contributed by atoms with Crippen LogP contribution in [0.2, 0.25) is 0 Å². The molecular weight excluding hydrogens is 142 g/mol. The van der Waals surface area contributed by atoms with E-state index in [0.717, 1.165) is 0 Å². The molecule has 5 N–H and O–H groups in total. The van der Waals surface area contributed by atoms with E-state index < -0.39 is 10.9 Å². The summed E-state index contributed by atoms with van der Waals surface area (Å²) in [5, 5.41) is 18.8. The highest BCUT2D eigenvalue weighted by atomic mass is 16.6. The van der Waals surface area contributed by atoms with Gasteiger partial charge in [-0.15, -0.1) is 0 Å². The van der Waals surface area contributed by atoms with Crippen LogP contribution in [0.1, 0.15) is 0 Å². The SMILES string of the molecule is N.Nn1nnnc1[N+](=O)[O-]. The van der Waals surface area contributed by atoms with Crippen molar-refractivity contribution in [3.8, 4) is 0 Å². The van der Waals surface area contributed by atoms with E-state index in [1.54, 1.807) is 0 Å². The molecule has 0 saturated heterocycles. The quantitative estimate of drug-likeness (QED) is 0.277. The second-order valence-corrected chi connectivity index (χ2v) is 1.18. The van der Waals surface area contributed by atoms with Crippen LogP contribution < -0.4 is 12.0 Å². The van der Waals surface area contributed by atoms with E-state index in [9.17, 15) is 10.1 Å². The summed E-state index contributed by atoms with van der Waals surface area (Å²) in [4.78, 5) is 9.55. The zero-order valence-electron chi connectivity index (χ0n) is 4.84. The summed E-state index contributed by atoms with van der Waals surface area (Å²) in [6.45, 7) is 0. The zero-order valence-corrected chi connectivity index (χ0v) is 4.84. The summed E-state index contributed by atoms with van der Waals surface area (Å²) in [5.74, 6) is 4.31. The predicted octanol–water partition coefficient (Wildman–Crippen LogP) is -1.54. The molecule has 0 radical (unpaired) electrons. The molecule has 0 aliphatic heterocycles. The minimum absolute atomic E-state index is 0. The molecule has 0 fully saturated rings. The van der Waals surface area contributed by atoms with Crippen molar-refractivity contribution in [2.75, 3.05) is 5.84 Å². The van der Waals surface area contributed by atoms with Crippen LogP contribution in [0, 0.1) is 10.1 Å². The van der Waals surface area contributed by atoms with Gasteiger partial charge in [-0.1, -0.05) is 0 Å². The van der Waals surface area contributed by atoms with Crippen LogP contribution in [0.5, 0.6) is 0 Å². The monoisotopic (exact) mass is 147 g/mol. The van der Waals surface area contributed by atoms with Gasteiger partial charge in [0.2, 0.25) is 0 Å². The normalized spacial score (nSPS) is 8.40. The van der Waals surface area contributed by atoms with Gasteiger partial charge >= 0.3 is 5.95 Å². The van der Waals surface area contributed by atoms with Crippen molar-refractivity contribution in [1.29, 1.82) is 0 Å². The van der Waals surface area contributed by atoms with E-state index in [-0.39, 0.29) is 6.15 Å². The molecule has 10 heavy (non-hydrogen) atoms. The minimum atomic E-state index is -0.778. The number of nitrogen functional groups attached to an aromatic ring is 1. The molecular formula is CH5N7O2. The van der Waals surface area contributed by atoms with Gasteiger partial charge in [0.15, 0.2) is 0 Å². The van der Waals surface area contributed by atoms with Crippen molar-refractivity contribution in [3.63, 3.8) is 0 Å². The minimum Gasteiger partial charge on any atom is -0.390 e. The van der Waals surface area contributed by atoms with Gasteiger partial charge in [-0.3, -0.25) is 5.84 Å². The van der Waals surface area contributed by atoms with Gasteiger partial charge in [0.05, 0.1) is 15.5 Å². The van der Waals surface area contributed by atoms with Gasteiger partial charge in [0.1, 0.15) is 0 Å². The number of nitro groups is 1. The Kier molecular flexibility index (Phi) is 2.21. The van der Waals surface area contributed by atoms with Crippen molar-refractivity contribution >= 4 is 5.95 Å². The average molecular weight is 147 g/mol. The molecule has 0 unspecified atom stereocenters. The van der Waals surface area contributed by atoms with Crippen LogP contribution in [-0.4, -0.2) is 25.2 Å². The summed E-state index contributed by atoms with van der Waals surface area (Å²) in [6, 6.07) is 0. The first-order valence-corrected chi connectivity index (χ1v) is 1.89. The summed E-state index contributed by atoms with van der Waals surface area (Å²) in [5.41, 5.74) is 0. The lowest BCUT2D eigenvalue weighted by Crippen LogP contribution is -2.13. The molecule has 0 saturated carbocycles. The Labute approximate surface area is 54.5 Å². The van der Waals surface area contributed by atoms with Gasteiger partial charge < -0.3 is 16.3 Å². The fraction of sp³-hybridized carbons (Fsp3) is 0. The first-order chi connectivity index (χ1) is 4.22. The van der Waals surface area contributed by atoms with Gasteiger partial charge in [0.25, 0.3) is 0 Å². The van der Waals surface area contributed by atoms with Crippen LogP contribution in [0.15, 0.2) is 0 Å². The molecule has 0 aliphatic rings. The third kappa shape index (κ3) is 1.14. The Morgan fingerprint density at radius 1 is 1.70 bits per heavy atom. The van der Waals surface area contributed by atoms with Crippen LogP contribution in [0.4, 0.5) is 5.95 Å². The van der Waals surface area contributed by atoms with Gasteiger partial charge in [-0.05, 0) is 9.71 Å². The summed E-state index contributed by atoms with van der Waals surface area (Å²) < 4.78 is 0. The molecule has 0 bridgehead atoms. The average Bonchev–Trinajstić information content (AvgIpc) is 2.13. The summed E-state index contributed by atoms with van der Waals surface area (Å²) >= 11 is 0. The van der Waals surface area contributed by atoms with E-state index in [2.05, 4.69) is 15.5 Å². The van der Waals surface area contributed by atoms with E-state index in [0.29, 0.717) is 4.79 Å². The smallest absolute Gasteiger partial charge is 0.390 e. The van der Waals surface area contributed by atoms with Crippen LogP contribution in [-0.2, 0) is 0 Å². The Bertz CT molecular complexity index is 227. The number of tetrazole rings is 1. The molecule has 56 valence electrons. The summed E-state index contributed by atoms with van der Waals surface area (Å²) in [7, 11) is 0. The molecule has 9 nitrogen and oxygen atoms in total. The lowest BCUT2D eigenvalue weighted by atomic mass is 11.1. The molecule has 1 aromatic rings. The topological polar surface area (TPSA) is 148 Å². The maximum atomic E-state index is 9.85. The molecule has 0 aliphatic carbocycles. The van der Waals surface area contributed by atoms with Gasteiger partial charge in [-0.2, -0.15) is 0 Å². The first-order valence-electron chi connectivity index (χ1n) is 1.89. The van der Waals surface area contributed by atoms with Crippen molar-refractivity contribution in [3.05, 3.63) is 10.1 Å². The van der Waals surface area contributed by atoms with Crippen molar-refractivity contribution in [1.82, 2.24) is 26.5 Å². The van der Waals surface area contributed by atoms with Crippen LogP contribution in [0.3, 0.4) is 0 Å². The maximum Gasteiger partial charge on any atom is 0.502 e. The number of hydrogen-bond acceptors (Lipinski definition) is 7. The molecule has 1 heterocycles. The third-order valence-corrected chi connectivity index (χ3v) is 0.639. The fourth-order valence-corrected chi connectivity index (χ4v) is 0.309. The van der Waals surface area contributed by atoms with Crippen molar-refractivity contribution in [2.45, 2.75) is 0 Å². The molecule has 9 heteroatoms. The number of nitrogens with two attached hydrogens (primary N) is 1. The van der Waals surface area contributed by atoms with Gasteiger partial charge in [0, 0.05) is 0 Å². The highest BCUT2D eigenvalue weighted by Gasteiger charge is 2.13. The Morgan fingerprint density at radius 2 is 2.30 bits per heavy atom.